The van der Waals surface area contributed by atoms with E-state index in [4.69, 9.17) is 0 Å². The number of aryl methyl sites for hydroxylation is 2. The zero-order chi connectivity index (χ0) is 14.1. The maximum atomic E-state index is 11.9. The number of aromatic nitrogens is 2. The van der Waals surface area contributed by atoms with Crippen LogP contribution in [0.1, 0.15) is 35.8 Å². The van der Waals surface area contributed by atoms with E-state index in [2.05, 4.69) is 40.2 Å². The number of hydrogen-bond donors (Lipinski definition) is 1. The Kier molecular flexibility index (Phi) is 3.61. The van der Waals surface area contributed by atoms with Crippen LogP contribution < -0.4 is 5.32 Å². The highest BCUT2D eigenvalue weighted by Crippen LogP contribution is 2.29. The minimum atomic E-state index is 0.0812. The number of thiophene rings is 1. The van der Waals surface area contributed by atoms with E-state index in [-0.39, 0.29) is 17.9 Å². The summed E-state index contributed by atoms with van der Waals surface area (Å²) in [4.78, 5) is 11.9. The van der Waals surface area contributed by atoms with Gasteiger partial charge in [0, 0.05) is 18.2 Å². The maximum Gasteiger partial charge on any atom is 0.223 e. The van der Waals surface area contributed by atoms with Crippen LogP contribution in [0.4, 0.5) is 0 Å². The second-order valence-corrected chi connectivity index (χ2v) is 6.24. The summed E-state index contributed by atoms with van der Waals surface area (Å²) < 4.78 is 2.02. The normalized spacial score (nSPS) is 16.1. The average molecular weight is 289 g/mol. The number of nitrogens with zero attached hydrogens (tertiary/aromatic N) is 2. The van der Waals surface area contributed by atoms with Gasteiger partial charge in [0.15, 0.2) is 0 Å². The molecule has 1 saturated carbocycles. The molecule has 0 bridgehead atoms. The summed E-state index contributed by atoms with van der Waals surface area (Å²) in [6.45, 7) is 4.66. The highest BCUT2D eigenvalue weighted by atomic mass is 32.1. The molecule has 4 nitrogen and oxygen atoms in total. The molecule has 2 aromatic heterocycles. The van der Waals surface area contributed by atoms with Gasteiger partial charge in [0.05, 0.1) is 11.7 Å². The number of hydrogen-bond acceptors (Lipinski definition) is 3. The lowest BCUT2D eigenvalue weighted by atomic mass is 10.1. The standard InChI is InChI=1S/C15H19N3OS/c1-10-7-11(2)18(17-10)14(13-5-6-20-9-13)8-16-15(19)12-3-4-12/h5-7,9,12,14H,3-4,8H2,1-2H3,(H,16,19)/t14-/m0/s1. The van der Waals surface area contributed by atoms with Crippen molar-refractivity contribution in [3.63, 3.8) is 0 Å². The molecule has 0 spiro atoms. The van der Waals surface area contributed by atoms with E-state index in [1.165, 1.54) is 5.56 Å². The lowest BCUT2D eigenvalue weighted by molar-refractivity contribution is -0.122. The monoisotopic (exact) mass is 289 g/mol. The Hall–Kier alpha value is -1.62. The molecule has 5 heteroatoms. The molecule has 1 aliphatic rings. The van der Waals surface area contributed by atoms with Crippen molar-refractivity contribution < 1.29 is 4.79 Å². The fraction of sp³-hybridized carbons (Fsp3) is 0.467. The van der Waals surface area contributed by atoms with Gasteiger partial charge in [0.2, 0.25) is 5.91 Å². The smallest absolute Gasteiger partial charge is 0.223 e. The Labute approximate surface area is 122 Å². The van der Waals surface area contributed by atoms with E-state index >= 15 is 0 Å². The third-order valence-corrected chi connectivity index (χ3v) is 4.39. The number of amides is 1. The van der Waals surface area contributed by atoms with Crippen molar-refractivity contribution in [2.75, 3.05) is 6.54 Å². The summed E-state index contributed by atoms with van der Waals surface area (Å²) in [6, 6.07) is 4.26. The Bertz CT molecular complexity index is 599. The Morgan fingerprint density at radius 3 is 2.90 bits per heavy atom. The van der Waals surface area contributed by atoms with Crippen molar-refractivity contribution >= 4 is 17.2 Å². The molecular formula is C15H19N3OS. The van der Waals surface area contributed by atoms with Crippen LogP contribution in [0.15, 0.2) is 22.9 Å². The number of carbonyl (C=O) groups is 1. The van der Waals surface area contributed by atoms with Gasteiger partial charge in [0.25, 0.3) is 0 Å². The molecule has 0 radical (unpaired) electrons. The van der Waals surface area contributed by atoms with Gasteiger partial charge < -0.3 is 5.32 Å². The first kappa shape index (κ1) is 13.4. The average Bonchev–Trinajstić information content (AvgIpc) is 3.03. The predicted molar refractivity (Wildman–Crippen MR) is 79.9 cm³/mol. The Morgan fingerprint density at radius 2 is 2.35 bits per heavy atom. The topological polar surface area (TPSA) is 46.9 Å². The second kappa shape index (κ2) is 5.40. The Balaban J connectivity index is 1.80. The van der Waals surface area contributed by atoms with Crippen LogP contribution in [0.25, 0.3) is 0 Å². The first-order chi connectivity index (χ1) is 9.65. The molecule has 0 aliphatic heterocycles. The zero-order valence-electron chi connectivity index (χ0n) is 11.8. The van der Waals surface area contributed by atoms with Crippen molar-refractivity contribution in [1.29, 1.82) is 0 Å². The predicted octanol–water partition coefficient (Wildman–Crippen LogP) is 2.68. The molecule has 3 rings (SSSR count). The minimum absolute atomic E-state index is 0.0812. The van der Waals surface area contributed by atoms with E-state index in [0.717, 1.165) is 24.2 Å². The van der Waals surface area contributed by atoms with Crippen molar-refractivity contribution in [2.24, 2.45) is 5.92 Å². The van der Waals surface area contributed by atoms with Gasteiger partial charge in [-0.2, -0.15) is 16.4 Å². The third-order valence-electron chi connectivity index (χ3n) is 3.69. The van der Waals surface area contributed by atoms with Crippen LogP contribution in [0.5, 0.6) is 0 Å². The summed E-state index contributed by atoms with van der Waals surface area (Å²) >= 11 is 1.67. The molecule has 20 heavy (non-hydrogen) atoms. The van der Waals surface area contributed by atoms with Crippen molar-refractivity contribution in [3.8, 4) is 0 Å². The lowest BCUT2D eigenvalue weighted by Gasteiger charge is -2.19. The van der Waals surface area contributed by atoms with Gasteiger partial charge in [-0.05, 0) is 55.1 Å². The van der Waals surface area contributed by atoms with Crippen molar-refractivity contribution in [2.45, 2.75) is 32.7 Å². The summed E-state index contributed by atoms with van der Waals surface area (Å²) in [6.07, 6.45) is 2.07. The molecule has 0 unspecified atom stereocenters. The van der Waals surface area contributed by atoms with Crippen LogP contribution in [-0.2, 0) is 4.79 Å². The second-order valence-electron chi connectivity index (χ2n) is 5.46. The molecule has 0 aromatic carbocycles. The van der Waals surface area contributed by atoms with Crippen LogP contribution in [-0.4, -0.2) is 22.2 Å². The van der Waals surface area contributed by atoms with E-state index in [1.807, 2.05) is 11.6 Å². The van der Waals surface area contributed by atoms with E-state index in [0.29, 0.717) is 6.54 Å². The molecule has 0 saturated heterocycles. The lowest BCUT2D eigenvalue weighted by Crippen LogP contribution is -2.32. The van der Waals surface area contributed by atoms with Gasteiger partial charge in [-0.25, -0.2) is 0 Å². The van der Waals surface area contributed by atoms with Gasteiger partial charge >= 0.3 is 0 Å². The van der Waals surface area contributed by atoms with Crippen LogP contribution >= 0.6 is 11.3 Å². The highest BCUT2D eigenvalue weighted by Gasteiger charge is 2.30. The van der Waals surface area contributed by atoms with Gasteiger partial charge in [-0.1, -0.05) is 0 Å². The van der Waals surface area contributed by atoms with E-state index in [1.54, 1.807) is 11.3 Å². The molecule has 1 fully saturated rings. The molecule has 1 aliphatic carbocycles. The fourth-order valence-corrected chi connectivity index (χ4v) is 3.17. The molecular weight excluding hydrogens is 270 g/mol. The quantitative estimate of drug-likeness (QED) is 0.920. The Morgan fingerprint density at radius 1 is 1.55 bits per heavy atom. The SMILES string of the molecule is Cc1cc(C)n([C@@H](CNC(=O)C2CC2)c2ccsc2)n1. The van der Waals surface area contributed by atoms with E-state index in [9.17, 15) is 4.79 Å². The summed E-state index contributed by atoms with van der Waals surface area (Å²) in [5.41, 5.74) is 3.34. The zero-order valence-corrected chi connectivity index (χ0v) is 12.6. The maximum absolute atomic E-state index is 11.9. The number of carbonyl (C=O) groups excluding carboxylic acids is 1. The molecule has 1 amide bonds. The van der Waals surface area contributed by atoms with E-state index < -0.39 is 0 Å². The van der Waals surface area contributed by atoms with Crippen molar-refractivity contribution in [1.82, 2.24) is 15.1 Å². The molecule has 2 heterocycles. The van der Waals surface area contributed by atoms with Crippen LogP contribution in [0.3, 0.4) is 0 Å². The summed E-state index contributed by atoms with van der Waals surface area (Å²) in [7, 11) is 0. The molecule has 2 aromatic rings. The van der Waals surface area contributed by atoms with Crippen LogP contribution in [0.2, 0.25) is 0 Å². The summed E-state index contributed by atoms with van der Waals surface area (Å²) in [5, 5.41) is 11.8. The van der Waals surface area contributed by atoms with Gasteiger partial charge in [-0.15, -0.1) is 0 Å². The van der Waals surface area contributed by atoms with Crippen LogP contribution in [0, 0.1) is 19.8 Å². The summed E-state index contributed by atoms with van der Waals surface area (Å²) in [5.74, 6) is 0.435. The first-order valence-corrected chi connectivity index (χ1v) is 7.92. The molecule has 1 atom stereocenters. The number of nitrogens with one attached hydrogen (secondary N) is 1. The fourth-order valence-electron chi connectivity index (χ4n) is 2.46. The first-order valence-electron chi connectivity index (χ1n) is 6.97. The molecule has 1 N–H and O–H groups in total. The van der Waals surface area contributed by atoms with Gasteiger partial charge in [0.1, 0.15) is 0 Å². The van der Waals surface area contributed by atoms with Crippen molar-refractivity contribution in [3.05, 3.63) is 39.8 Å². The van der Waals surface area contributed by atoms with Gasteiger partial charge in [-0.3, -0.25) is 9.48 Å². The minimum Gasteiger partial charge on any atom is -0.353 e. The largest absolute Gasteiger partial charge is 0.353 e. The highest BCUT2D eigenvalue weighted by molar-refractivity contribution is 7.07. The molecule has 106 valence electrons. The number of rotatable bonds is 5. The third kappa shape index (κ3) is 2.77.